The Morgan fingerprint density at radius 2 is 1.35 bits per heavy atom. The van der Waals surface area contributed by atoms with Crippen LogP contribution in [0.2, 0.25) is 0 Å². The molecule has 3 rings (SSSR count). The molecule has 8 heteroatoms. The molecule has 6 nitrogen and oxygen atoms in total. The van der Waals surface area contributed by atoms with Gasteiger partial charge in [-0.1, -0.05) is 43.9 Å². The third kappa shape index (κ3) is 10.5. The average Bonchev–Trinajstić information content (AvgIpc) is 2.84. The van der Waals surface area contributed by atoms with E-state index in [-0.39, 0.29) is 30.8 Å². The molecule has 0 spiro atoms. The fraction of sp³-hybridized carbons (Fsp3) is 0.500. The fourth-order valence-electron chi connectivity index (χ4n) is 3.78. The van der Waals surface area contributed by atoms with E-state index in [1.807, 2.05) is 30.3 Å². The van der Waals surface area contributed by atoms with E-state index < -0.39 is 0 Å². The highest BCUT2D eigenvalue weighted by molar-refractivity contribution is 5.89. The molecule has 190 valence electrons. The van der Waals surface area contributed by atoms with Gasteiger partial charge in [-0.05, 0) is 49.2 Å². The Labute approximate surface area is 216 Å². The number of ether oxygens (including phenoxy) is 2. The summed E-state index contributed by atoms with van der Waals surface area (Å²) < 4.78 is 11.0. The number of methoxy groups -OCH3 is 1. The van der Waals surface area contributed by atoms with Crippen LogP contribution >= 0.6 is 24.8 Å². The molecule has 0 bridgehead atoms. The van der Waals surface area contributed by atoms with Gasteiger partial charge >= 0.3 is 5.97 Å². The second-order valence-corrected chi connectivity index (χ2v) is 8.12. The molecule has 1 heterocycles. The maximum absolute atomic E-state index is 12.2. The maximum Gasteiger partial charge on any atom is 0.357 e. The van der Waals surface area contributed by atoms with Gasteiger partial charge in [-0.15, -0.1) is 29.9 Å². The largest absolute Gasteiger partial charge is 0.494 e. The molecule has 0 N–H and O–H groups in total. The topological polar surface area (TPSA) is 51.2 Å². The van der Waals surface area contributed by atoms with Gasteiger partial charge in [-0.2, -0.15) is 0 Å². The molecule has 2 aromatic carbocycles. The van der Waals surface area contributed by atoms with Crippen molar-refractivity contribution in [1.29, 1.82) is 0 Å². The van der Waals surface area contributed by atoms with Crippen molar-refractivity contribution in [2.75, 3.05) is 51.4 Å². The second-order valence-electron chi connectivity index (χ2n) is 8.12. The van der Waals surface area contributed by atoms with Crippen LogP contribution in [0.5, 0.6) is 5.75 Å². The van der Waals surface area contributed by atoms with E-state index >= 15 is 0 Å². The van der Waals surface area contributed by atoms with Gasteiger partial charge in [0.15, 0.2) is 0 Å². The Kier molecular flexibility index (Phi) is 15.4. The number of hydrogen-bond donors (Lipinski definition) is 0. The Morgan fingerprint density at radius 3 is 1.97 bits per heavy atom. The fourth-order valence-corrected chi connectivity index (χ4v) is 3.78. The first-order valence-electron chi connectivity index (χ1n) is 11.8. The highest BCUT2D eigenvalue weighted by Gasteiger charge is 2.21. The number of hydroxylamine groups is 2. The van der Waals surface area contributed by atoms with Gasteiger partial charge in [0.05, 0.1) is 25.3 Å². The first-order valence-corrected chi connectivity index (χ1v) is 11.8. The van der Waals surface area contributed by atoms with E-state index in [2.05, 4.69) is 17.0 Å². The lowest BCUT2D eigenvalue weighted by molar-refractivity contribution is -0.112. The third-order valence-electron chi connectivity index (χ3n) is 5.67. The zero-order valence-electron chi connectivity index (χ0n) is 20.0. The van der Waals surface area contributed by atoms with Crippen LogP contribution in [0.15, 0.2) is 54.6 Å². The van der Waals surface area contributed by atoms with Gasteiger partial charge in [-0.3, -0.25) is 0 Å². The van der Waals surface area contributed by atoms with Crippen LogP contribution in [0.1, 0.15) is 48.9 Å². The lowest BCUT2D eigenvalue weighted by Crippen LogP contribution is -2.47. The molecular weight excluding hydrogens is 475 g/mol. The number of piperazine rings is 1. The number of halogens is 2. The summed E-state index contributed by atoms with van der Waals surface area (Å²) in [6.45, 7) is 4.63. The first-order chi connectivity index (χ1) is 15.8. The molecule has 0 amide bonds. The lowest BCUT2D eigenvalue weighted by atomic mass is 10.1. The van der Waals surface area contributed by atoms with Gasteiger partial charge in [0.25, 0.3) is 0 Å². The van der Waals surface area contributed by atoms with E-state index in [1.54, 1.807) is 24.3 Å². The molecule has 1 aliphatic heterocycles. The zero-order chi connectivity index (χ0) is 22.4. The monoisotopic (exact) mass is 512 g/mol. The van der Waals surface area contributed by atoms with E-state index in [1.165, 1.54) is 31.4 Å². The summed E-state index contributed by atoms with van der Waals surface area (Å²) in [5, 5.41) is 1.75. The summed E-state index contributed by atoms with van der Waals surface area (Å²) in [6, 6.07) is 17.4. The standard InChI is InChI=1S/C26H36N2O4.2ClH/c1-30-21-9-4-2-3-5-10-22-31-25-15-13-24(14-16-25)27-17-19-28(20-18-27)32-26(29)23-11-7-6-8-12-23;;/h6-8,11-16H,2-5,9-10,17-22H2,1H3;2*1H. The molecule has 0 aliphatic carbocycles. The summed E-state index contributed by atoms with van der Waals surface area (Å²) in [5.74, 6) is 0.621. The molecule has 1 fully saturated rings. The molecule has 2 aromatic rings. The Balaban J connectivity index is 0.00000289. The van der Waals surface area contributed by atoms with Crippen molar-refractivity contribution in [3.05, 3.63) is 60.2 Å². The van der Waals surface area contributed by atoms with Crippen LogP contribution in [0, 0.1) is 0 Å². The van der Waals surface area contributed by atoms with Gasteiger partial charge in [0.1, 0.15) is 5.75 Å². The Hall–Kier alpha value is -1.99. The predicted molar refractivity (Wildman–Crippen MR) is 142 cm³/mol. The van der Waals surface area contributed by atoms with Crippen molar-refractivity contribution in [2.24, 2.45) is 0 Å². The molecule has 34 heavy (non-hydrogen) atoms. The number of carbonyl (C=O) groups excluding carboxylic acids is 1. The number of rotatable bonds is 13. The minimum atomic E-state index is -0.299. The number of hydrogen-bond acceptors (Lipinski definition) is 6. The number of anilines is 1. The van der Waals surface area contributed by atoms with Crippen molar-refractivity contribution in [2.45, 2.75) is 38.5 Å². The lowest BCUT2D eigenvalue weighted by Gasteiger charge is -2.34. The molecule has 1 saturated heterocycles. The van der Waals surface area contributed by atoms with Crippen LogP contribution in [-0.4, -0.2) is 57.5 Å². The van der Waals surface area contributed by atoms with Crippen molar-refractivity contribution in [1.82, 2.24) is 5.06 Å². The van der Waals surface area contributed by atoms with Crippen molar-refractivity contribution < 1.29 is 19.1 Å². The SMILES string of the molecule is COCCCCCCCCOc1ccc(N2CCN(OC(=O)c3ccccc3)CC2)cc1.Cl.Cl. The quantitative estimate of drug-likeness (QED) is 0.316. The summed E-state index contributed by atoms with van der Waals surface area (Å²) in [6.07, 6.45) is 7.25. The van der Waals surface area contributed by atoms with Gasteiger partial charge in [0, 0.05) is 32.5 Å². The van der Waals surface area contributed by atoms with Crippen LogP contribution in [-0.2, 0) is 9.57 Å². The predicted octanol–water partition coefficient (Wildman–Crippen LogP) is 5.79. The molecule has 0 aromatic heterocycles. The van der Waals surface area contributed by atoms with E-state index in [0.29, 0.717) is 18.7 Å². The van der Waals surface area contributed by atoms with Crippen LogP contribution in [0.3, 0.4) is 0 Å². The van der Waals surface area contributed by atoms with E-state index in [4.69, 9.17) is 14.3 Å². The van der Waals surface area contributed by atoms with E-state index in [0.717, 1.165) is 44.9 Å². The Morgan fingerprint density at radius 1 is 0.765 bits per heavy atom. The number of benzene rings is 2. The minimum Gasteiger partial charge on any atom is -0.494 e. The zero-order valence-corrected chi connectivity index (χ0v) is 21.7. The van der Waals surface area contributed by atoms with Crippen molar-refractivity contribution in [3.8, 4) is 5.75 Å². The highest BCUT2D eigenvalue weighted by Crippen LogP contribution is 2.21. The molecule has 0 atom stereocenters. The molecule has 1 aliphatic rings. The molecule has 0 unspecified atom stereocenters. The first kappa shape index (κ1) is 30.0. The van der Waals surface area contributed by atoms with E-state index in [9.17, 15) is 4.79 Å². The van der Waals surface area contributed by atoms with Crippen LogP contribution in [0.25, 0.3) is 0 Å². The summed E-state index contributed by atoms with van der Waals surface area (Å²) >= 11 is 0. The molecular formula is C26H38Cl2N2O4. The summed E-state index contributed by atoms with van der Waals surface area (Å²) in [4.78, 5) is 20.0. The Bertz CT molecular complexity index is 785. The second kappa shape index (κ2) is 17.4. The summed E-state index contributed by atoms with van der Waals surface area (Å²) in [7, 11) is 1.76. The summed E-state index contributed by atoms with van der Waals surface area (Å²) in [5.41, 5.74) is 1.75. The number of nitrogens with zero attached hydrogens (tertiary/aromatic N) is 2. The van der Waals surface area contributed by atoms with Crippen LogP contribution < -0.4 is 9.64 Å². The van der Waals surface area contributed by atoms with Crippen LogP contribution in [0.4, 0.5) is 5.69 Å². The number of unbranched alkanes of at least 4 members (excludes halogenated alkanes) is 5. The van der Waals surface area contributed by atoms with Gasteiger partial charge in [0.2, 0.25) is 0 Å². The normalized spacial score (nSPS) is 13.5. The molecule has 0 saturated carbocycles. The minimum absolute atomic E-state index is 0. The van der Waals surface area contributed by atoms with Gasteiger partial charge in [-0.25, -0.2) is 4.79 Å². The van der Waals surface area contributed by atoms with Crippen molar-refractivity contribution in [3.63, 3.8) is 0 Å². The third-order valence-corrected chi connectivity index (χ3v) is 5.67. The highest BCUT2D eigenvalue weighted by atomic mass is 35.5. The smallest absolute Gasteiger partial charge is 0.357 e. The maximum atomic E-state index is 12.2. The molecule has 0 radical (unpaired) electrons. The number of carbonyl (C=O) groups is 1. The van der Waals surface area contributed by atoms with Gasteiger partial charge < -0.3 is 19.2 Å². The van der Waals surface area contributed by atoms with Crippen molar-refractivity contribution >= 4 is 36.5 Å². The average molecular weight is 514 g/mol.